The highest BCUT2D eigenvalue weighted by Gasteiger charge is 2.17. The summed E-state index contributed by atoms with van der Waals surface area (Å²) in [7, 11) is 1.25. The molecule has 11 nitrogen and oxygen atoms in total. The van der Waals surface area contributed by atoms with Gasteiger partial charge in [-0.05, 0) is 6.07 Å². The van der Waals surface area contributed by atoms with Crippen LogP contribution in [0.2, 0.25) is 0 Å². The summed E-state index contributed by atoms with van der Waals surface area (Å²) in [5, 5.41) is 11.8. The monoisotopic (exact) mass is 477 g/mol. The van der Waals surface area contributed by atoms with Crippen LogP contribution < -0.4 is 21.3 Å². The number of hydrogen-bond acceptors (Lipinski definition) is 9. The molecule has 0 aliphatic heterocycles. The molecule has 1 aromatic carbocycles. The van der Waals surface area contributed by atoms with Crippen molar-refractivity contribution in [2.24, 2.45) is 0 Å². The molecule has 0 aliphatic rings. The van der Waals surface area contributed by atoms with Crippen molar-refractivity contribution in [3.05, 3.63) is 66.0 Å². The zero-order valence-corrected chi connectivity index (χ0v) is 19.5. The predicted molar refractivity (Wildman–Crippen MR) is 131 cm³/mol. The Morgan fingerprint density at radius 3 is 2.14 bits per heavy atom. The topological polar surface area (TPSA) is 147 Å². The van der Waals surface area contributed by atoms with Crippen molar-refractivity contribution in [2.45, 2.75) is 6.92 Å². The maximum Gasteiger partial charge on any atom is 0.338 e. The standard InChI is InChI=1S/C24H27N7O4/c1-16(32)26-10-11-27-20-14-21(31-22(30-20)17-6-4-3-5-7-17)28-12-13-29-23(33)19-15-25-9-8-18(19)24(34)35-2/h3-9,14-15H,10-13H2,1-2H3,(H,26,32)(H,29,33)(H2,27,28,30,31). The Kier molecular flexibility index (Phi) is 9.06. The van der Waals surface area contributed by atoms with Gasteiger partial charge in [0, 0.05) is 57.1 Å². The van der Waals surface area contributed by atoms with Crippen molar-refractivity contribution < 1.29 is 19.1 Å². The molecule has 4 N–H and O–H groups in total. The third-order valence-corrected chi connectivity index (χ3v) is 4.75. The molecule has 2 amide bonds. The van der Waals surface area contributed by atoms with E-state index >= 15 is 0 Å². The fraction of sp³-hybridized carbons (Fsp3) is 0.250. The molecule has 2 aromatic heterocycles. The fourth-order valence-electron chi connectivity index (χ4n) is 3.10. The number of carbonyl (C=O) groups excluding carboxylic acids is 3. The van der Waals surface area contributed by atoms with Gasteiger partial charge < -0.3 is 26.0 Å². The van der Waals surface area contributed by atoms with Crippen molar-refractivity contribution in [1.29, 1.82) is 0 Å². The van der Waals surface area contributed by atoms with Crippen molar-refractivity contribution >= 4 is 29.4 Å². The first-order valence-corrected chi connectivity index (χ1v) is 10.9. The lowest BCUT2D eigenvalue weighted by Crippen LogP contribution is -2.30. The molecule has 0 unspecified atom stereocenters. The van der Waals surface area contributed by atoms with Crippen molar-refractivity contribution in [3.63, 3.8) is 0 Å². The molecule has 182 valence electrons. The smallest absolute Gasteiger partial charge is 0.338 e. The van der Waals surface area contributed by atoms with Gasteiger partial charge in [0.1, 0.15) is 11.6 Å². The van der Waals surface area contributed by atoms with E-state index in [1.54, 1.807) is 6.07 Å². The number of aromatic nitrogens is 3. The van der Waals surface area contributed by atoms with Crippen LogP contribution in [-0.2, 0) is 9.53 Å². The van der Waals surface area contributed by atoms with Crippen LogP contribution in [0.3, 0.4) is 0 Å². The Bertz CT molecular complexity index is 1170. The Labute approximate surface area is 202 Å². The molecule has 35 heavy (non-hydrogen) atoms. The highest BCUT2D eigenvalue weighted by Crippen LogP contribution is 2.20. The quantitative estimate of drug-likeness (QED) is 0.239. The molecule has 0 aliphatic carbocycles. The number of ether oxygens (including phenoxy) is 1. The molecular formula is C24H27N7O4. The van der Waals surface area contributed by atoms with Gasteiger partial charge in [-0.1, -0.05) is 30.3 Å². The van der Waals surface area contributed by atoms with Crippen molar-refractivity contribution in [3.8, 4) is 11.4 Å². The van der Waals surface area contributed by atoms with Gasteiger partial charge in [-0.15, -0.1) is 0 Å². The predicted octanol–water partition coefficient (Wildman–Crippen LogP) is 1.72. The highest BCUT2D eigenvalue weighted by molar-refractivity contribution is 6.05. The summed E-state index contributed by atoms with van der Waals surface area (Å²) in [5.41, 5.74) is 1.13. The highest BCUT2D eigenvalue weighted by atomic mass is 16.5. The Morgan fingerprint density at radius 2 is 1.51 bits per heavy atom. The zero-order chi connectivity index (χ0) is 25.0. The van der Waals surface area contributed by atoms with E-state index in [1.165, 1.54) is 32.5 Å². The van der Waals surface area contributed by atoms with Crippen LogP contribution in [0.5, 0.6) is 0 Å². The van der Waals surface area contributed by atoms with E-state index in [0.717, 1.165) is 5.56 Å². The lowest BCUT2D eigenvalue weighted by molar-refractivity contribution is -0.118. The third-order valence-electron chi connectivity index (χ3n) is 4.75. The van der Waals surface area contributed by atoms with Crippen LogP contribution in [0.15, 0.2) is 54.9 Å². The van der Waals surface area contributed by atoms with Crippen LogP contribution >= 0.6 is 0 Å². The SMILES string of the molecule is COC(=O)c1ccncc1C(=O)NCCNc1cc(NCCNC(C)=O)nc(-c2ccccc2)n1. The number of esters is 1. The number of nitrogens with one attached hydrogen (secondary N) is 4. The minimum atomic E-state index is -0.608. The molecule has 3 rings (SSSR count). The van der Waals surface area contributed by atoms with E-state index in [1.807, 2.05) is 30.3 Å². The van der Waals surface area contributed by atoms with E-state index in [0.29, 0.717) is 37.1 Å². The second-order valence-electron chi connectivity index (χ2n) is 7.33. The van der Waals surface area contributed by atoms with Crippen LogP contribution in [-0.4, -0.2) is 66.0 Å². The molecule has 0 atom stereocenters. The molecule has 0 saturated carbocycles. The molecule has 0 bridgehead atoms. The average molecular weight is 478 g/mol. The molecule has 0 spiro atoms. The number of anilines is 2. The van der Waals surface area contributed by atoms with Crippen LogP contribution in [0.1, 0.15) is 27.6 Å². The average Bonchev–Trinajstić information content (AvgIpc) is 2.89. The van der Waals surface area contributed by atoms with Crippen LogP contribution in [0.25, 0.3) is 11.4 Å². The maximum atomic E-state index is 12.5. The number of rotatable bonds is 11. The van der Waals surface area contributed by atoms with Gasteiger partial charge in [-0.25, -0.2) is 14.8 Å². The minimum Gasteiger partial charge on any atom is -0.465 e. The summed E-state index contributed by atoms with van der Waals surface area (Å²) in [6.45, 7) is 3.05. The molecule has 3 aromatic rings. The second kappa shape index (κ2) is 12.6. The maximum absolute atomic E-state index is 12.5. The van der Waals surface area contributed by atoms with E-state index in [2.05, 4.69) is 36.2 Å². The summed E-state index contributed by atoms with van der Waals surface area (Å²) >= 11 is 0. The van der Waals surface area contributed by atoms with Crippen LogP contribution in [0, 0.1) is 0 Å². The van der Waals surface area contributed by atoms with Gasteiger partial charge >= 0.3 is 5.97 Å². The fourth-order valence-corrected chi connectivity index (χ4v) is 3.10. The number of carbonyl (C=O) groups is 3. The third kappa shape index (κ3) is 7.49. The van der Waals surface area contributed by atoms with Gasteiger partial charge in [0.2, 0.25) is 5.91 Å². The number of amides is 2. The lowest BCUT2D eigenvalue weighted by atomic mass is 10.1. The molecule has 0 fully saturated rings. The molecule has 2 heterocycles. The lowest BCUT2D eigenvalue weighted by Gasteiger charge is -2.12. The summed E-state index contributed by atoms with van der Waals surface area (Å²) in [5.74, 6) is 0.533. The van der Waals surface area contributed by atoms with Gasteiger partial charge in [0.05, 0.1) is 18.2 Å². The Balaban J connectivity index is 1.63. The normalized spacial score (nSPS) is 10.2. The summed E-state index contributed by atoms with van der Waals surface area (Å²) < 4.78 is 4.72. The van der Waals surface area contributed by atoms with Gasteiger partial charge in [0.15, 0.2) is 5.82 Å². The summed E-state index contributed by atoms with van der Waals surface area (Å²) in [4.78, 5) is 48.5. The Morgan fingerprint density at radius 1 is 0.857 bits per heavy atom. The molecule has 0 radical (unpaired) electrons. The minimum absolute atomic E-state index is 0.103. The number of hydrogen-bond donors (Lipinski definition) is 4. The number of nitrogens with zero attached hydrogens (tertiary/aromatic N) is 3. The summed E-state index contributed by atoms with van der Waals surface area (Å²) in [6, 6.07) is 12.7. The number of methoxy groups -OCH3 is 1. The zero-order valence-electron chi connectivity index (χ0n) is 19.5. The van der Waals surface area contributed by atoms with E-state index < -0.39 is 11.9 Å². The largest absolute Gasteiger partial charge is 0.465 e. The first-order chi connectivity index (χ1) is 17.0. The van der Waals surface area contributed by atoms with Gasteiger partial charge in [-0.2, -0.15) is 0 Å². The van der Waals surface area contributed by atoms with E-state index in [-0.39, 0.29) is 23.6 Å². The van der Waals surface area contributed by atoms with Crippen molar-refractivity contribution in [1.82, 2.24) is 25.6 Å². The first kappa shape index (κ1) is 25.1. The number of benzene rings is 1. The second-order valence-corrected chi connectivity index (χ2v) is 7.33. The molecule has 0 saturated heterocycles. The molecular weight excluding hydrogens is 450 g/mol. The van der Waals surface area contributed by atoms with Gasteiger partial charge in [0.25, 0.3) is 5.91 Å². The van der Waals surface area contributed by atoms with Gasteiger partial charge in [-0.3, -0.25) is 14.6 Å². The summed E-state index contributed by atoms with van der Waals surface area (Å²) in [6.07, 6.45) is 2.75. The van der Waals surface area contributed by atoms with E-state index in [9.17, 15) is 14.4 Å². The first-order valence-electron chi connectivity index (χ1n) is 10.9. The molecule has 11 heteroatoms. The number of pyridine rings is 1. The van der Waals surface area contributed by atoms with Crippen LogP contribution in [0.4, 0.5) is 11.6 Å². The van der Waals surface area contributed by atoms with E-state index in [4.69, 9.17) is 4.74 Å². The Hall–Kier alpha value is -4.54. The van der Waals surface area contributed by atoms with Crippen molar-refractivity contribution in [2.75, 3.05) is 43.9 Å².